The number of anilines is 1. The summed E-state index contributed by atoms with van der Waals surface area (Å²) in [4.78, 5) is 15.4. The van der Waals surface area contributed by atoms with Crippen LogP contribution in [-0.2, 0) is 11.3 Å². The van der Waals surface area contributed by atoms with Crippen molar-refractivity contribution in [1.29, 1.82) is 0 Å². The third-order valence-electron chi connectivity index (χ3n) is 7.25. The lowest BCUT2D eigenvalue weighted by molar-refractivity contribution is -0.125. The normalized spacial score (nSPS) is 14.3. The van der Waals surface area contributed by atoms with Crippen molar-refractivity contribution in [2.45, 2.75) is 47.1 Å². The first-order valence-corrected chi connectivity index (χ1v) is 12.8. The summed E-state index contributed by atoms with van der Waals surface area (Å²) >= 11 is 0. The highest BCUT2D eigenvalue weighted by Gasteiger charge is 2.30. The van der Waals surface area contributed by atoms with Gasteiger partial charge >= 0.3 is 0 Å². The number of rotatable bonds is 6. The van der Waals surface area contributed by atoms with Crippen LogP contribution in [0.3, 0.4) is 0 Å². The second-order valence-corrected chi connectivity index (χ2v) is 9.92. The molecule has 1 saturated heterocycles. The third-order valence-corrected chi connectivity index (χ3v) is 7.25. The van der Waals surface area contributed by atoms with Gasteiger partial charge < -0.3 is 14.8 Å². The molecule has 0 atom stereocenters. The zero-order chi connectivity index (χ0) is 25.2. The largest absolute Gasteiger partial charge is 0.355 e. The minimum absolute atomic E-state index is 0.0272. The Hall–Kier alpha value is -3.80. The Morgan fingerprint density at radius 3 is 2.17 bits per heavy atom. The molecular weight excluding hydrogens is 446 g/mol. The molecule has 0 bridgehead atoms. The van der Waals surface area contributed by atoms with Gasteiger partial charge in [0.25, 0.3) is 0 Å². The lowest BCUT2D eigenvalue weighted by atomic mass is 9.95. The molecule has 0 aliphatic carbocycles. The van der Waals surface area contributed by atoms with Crippen molar-refractivity contribution in [1.82, 2.24) is 19.7 Å². The number of benzene rings is 2. The summed E-state index contributed by atoms with van der Waals surface area (Å²) < 4.78 is 4.37. The number of nitrogens with one attached hydrogen (secondary N) is 1. The van der Waals surface area contributed by atoms with Gasteiger partial charge in [0.05, 0.1) is 11.4 Å². The van der Waals surface area contributed by atoms with Crippen LogP contribution in [0.25, 0.3) is 11.4 Å². The fraction of sp³-hybridized carbons (Fsp3) is 0.333. The van der Waals surface area contributed by atoms with Gasteiger partial charge in [-0.1, -0.05) is 48.0 Å². The van der Waals surface area contributed by atoms with Crippen molar-refractivity contribution in [3.05, 3.63) is 94.9 Å². The smallest absolute Gasteiger partial charge is 0.223 e. The molecule has 0 spiro atoms. The summed E-state index contributed by atoms with van der Waals surface area (Å²) in [7, 11) is 0. The number of aryl methyl sites for hydroxylation is 4. The molecule has 1 N–H and O–H groups in total. The molecule has 6 nitrogen and oxygen atoms in total. The molecule has 186 valence electrons. The lowest BCUT2D eigenvalue weighted by Crippen LogP contribution is -2.41. The van der Waals surface area contributed by atoms with Crippen LogP contribution in [0.1, 0.15) is 41.1 Å². The van der Waals surface area contributed by atoms with Gasteiger partial charge in [-0.3, -0.25) is 4.79 Å². The van der Waals surface area contributed by atoms with Gasteiger partial charge in [-0.2, -0.15) is 5.10 Å². The fourth-order valence-electron chi connectivity index (χ4n) is 5.22. The molecule has 2 aromatic carbocycles. The Morgan fingerprint density at radius 2 is 1.53 bits per heavy atom. The van der Waals surface area contributed by atoms with E-state index in [-0.39, 0.29) is 11.8 Å². The number of aromatic nitrogens is 3. The average molecular weight is 482 g/mol. The van der Waals surface area contributed by atoms with Gasteiger partial charge in [-0.05, 0) is 70.4 Å². The molecule has 1 aliphatic rings. The minimum atomic E-state index is 0.0272. The van der Waals surface area contributed by atoms with Crippen molar-refractivity contribution < 1.29 is 4.79 Å². The molecule has 0 radical (unpaired) electrons. The van der Waals surface area contributed by atoms with Crippen molar-refractivity contribution in [3.8, 4) is 11.4 Å². The Labute approximate surface area is 213 Å². The Bertz CT molecular complexity index is 1320. The molecule has 1 amide bonds. The number of nitrogens with zero attached hydrogens (tertiary/aromatic N) is 4. The van der Waals surface area contributed by atoms with E-state index in [0.717, 1.165) is 54.4 Å². The van der Waals surface area contributed by atoms with Crippen LogP contribution >= 0.6 is 0 Å². The first-order valence-electron chi connectivity index (χ1n) is 12.8. The number of para-hydroxylation sites is 1. The summed E-state index contributed by atoms with van der Waals surface area (Å²) in [5.74, 6) is 1.28. The summed E-state index contributed by atoms with van der Waals surface area (Å²) in [6.45, 7) is 10.6. The molecule has 6 heteroatoms. The van der Waals surface area contributed by atoms with E-state index in [1.54, 1.807) is 0 Å². The Kier molecular flexibility index (Phi) is 6.68. The topological polar surface area (TPSA) is 55.1 Å². The first-order chi connectivity index (χ1) is 17.4. The van der Waals surface area contributed by atoms with Crippen molar-refractivity contribution in [3.63, 3.8) is 0 Å². The van der Waals surface area contributed by atoms with Crippen LogP contribution in [0.5, 0.6) is 0 Å². The van der Waals surface area contributed by atoms with E-state index in [1.165, 1.54) is 17.0 Å². The standard InChI is InChI=1S/C30H35N5O/c1-21-10-14-25(15-11-21)20-31-29(36)26-16-18-33(19-17-26)30-28(34-22(2)12-13-23(34)3)24(4)32-35(30)27-8-6-5-7-9-27/h5-15,26H,16-20H2,1-4H3,(H,31,36). The van der Waals surface area contributed by atoms with Crippen molar-refractivity contribution in [2.24, 2.45) is 5.92 Å². The van der Waals surface area contributed by atoms with Gasteiger partial charge in [0.15, 0.2) is 5.82 Å². The van der Waals surface area contributed by atoms with Gasteiger partial charge in [0.2, 0.25) is 5.91 Å². The van der Waals surface area contributed by atoms with Crippen LogP contribution in [0.15, 0.2) is 66.7 Å². The lowest BCUT2D eigenvalue weighted by Gasteiger charge is -2.34. The highest BCUT2D eigenvalue weighted by molar-refractivity contribution is 5.79. The number of hydrogen-bond donors (Lipinski definition) is 1. The molecule has 2 aromatic heterocycles. The number of piperidine rings is 1. The van der Waals surface area contributed by atoms with Crippen LogP contribution in [0, 0.1) is 33.6 Å². The summed E-state index contributed by atoms with van der Waals surface area (Å²) in [6, 6.07) is 23.0. The highest BCUT2D eigenvalue weighted by Crippen LogP contribution is 2.35. The van der Waals surface area contributed by atoms with E-state index in [9.17, 15) is 4.79 Å². The number of carbonyl (C=O) groups is 1. The second kappa shape index (κ2) is 10.1. The monoisotopic (exact) mass is 481 g/mol. The van der Waals surface area contributed by atoms with Crippen LogP contribution in [0.2, 0.25) is 0 Å². The van der Waals surface area contributed by atoms with Crippen molar-refractivity contribution >= 4 is 11.7 Å². The van der Waals surface area contributed by atoms with E-state index >= 15 is 0 Å². The summed E-state index contributed by atoms with van der Waals surface area (Å²) in [6.07, 6.45) is 1.64. The van der Waals surface area contributed by atoms with Crippen LogP contribution in [-0.4, -0.2) is 33.3 Å². The molecule has 0 saturated carbocycles. The molecule has 3 heterocycles. The predicted octanol–water partition coefficient (Wildman–Crippen LogP) is 5.43. The summed E-state index contributed by atoms with van der Waals surface area (Å²) in [5, 5.41) is 8.15. The molecule has 5 rings (SSSR count). The molecule has 4 aromatic rings. The fourth-order valence-corrected chi connectivity index (χ4v) is 5.22. The first kappa shape index (κ1) is 23.9. The highest BCUT2D eigenvalue weighted by atomic mass is 16.1. The maximum atomic E-state index is 13.0. The molecular formula is C30H35N5O. The number of hydrogen-bond acceptors (Lipinski definition) is 3. The average Bonchev–Trinajstić information content (AvgIpc) is 3.41. The van der Waals surface area contributed by atoms with Crippen LogP contribution in [0.4, 0.5) is 5.82 Å². The van der Waals surface area contributed by atoms with Gasteiger partial charge in [-0.25, -0.2) is 4.68 Å². The molecule has 0 unspecified atom stereocenters. The van der Waals surface area contributed by atoms with Gasteiger partial charge in [-0.15, -0.1) is 0 Å². The van der Waals surface area contributed by atoms with E-state index < -0.39 is 0 Å². The molecule has 1 fully saturated rings. The SMILES string of the molecule is Cc1ccc(CNC(=O)C2CCN(c3c(-n4c(C)ccc4C)c(C)nn3-c3ccccc3)CC2)cc1. The number of amides is 1. The van der Waals surface area contributed by atoms with E-state index in [1.807, 2.05) is 18.2 Å². The Balaban J connectivity index is 1.38. The van der Waals surface area contributed by atoms with Gasteiger partial charge in [0.1, 0.15) is 5.69 Å². The van der Waals surface area contributed by atoms with Gasteiger partial charge in [0, 0.05) is 36.9 Å². The molecule has 1 aliphatic heterocycles. The maximum Gasteiger partial charge on any atom is 0.223 e. The quantitative estimate of drug-likeness (QED) is 0.400. The van der Waals surface area contributed by atoms with Crippen LogP contribution < -0.4 is 10.2 Å². The summed E-state index contributed by atoms with van der Waals surface area (Å²) in [5.41, 5.74) is 7.91. The number of carbonyl (C=O) groups excluding carboxylic acids is 1. The Morgan fingerprint density at radius 1 is 0.889 bits per heavy atom. The van der Waals surface area contributed by atoms with Crippen molar-refractivity contribution in [2.75, 3.05) is 18.0 Å². The molecule has 36 heavy (non-hydrogen) atoms. The van der Waals surface area contributed by atoms with E-state index in [0.29, 0.717) is 6.54 Å². The van der Waals surface area contributed by atoms with E-state index in [2.05, 4.69) is 95.7 Å². The minimum Gasteiger partial charge on any atom is -0.355 e. The predicted molar refractivity (Wildman–Crippen MR) is 145 cm³/mol. The maximum absolute atomic E-state index is 13.0. The van der Waals surface area contributed by atoms with E-state index in [4.69, 9.17) is 5.10 Å². The zero-order valence-electron chi connectivity index (χ0n) is 21.7. The zero-order valence-corrected chi connectivity index (χ0v) is 21.7. The second-order valence-electron chi connectivity index (χ2n) is 9.92. The third kappa shape index (κ3) is 4.68.